The molecule has 0 amide bonds. The van der Waals surface area contributed by atoms with Crippen molar-refractivity contribution in [3.05, 3.63) is 12.2 Å². The summed E-state index contributed by atoms with van der Waals surface area (Å²) >= 11 is 0. The van der Waals surface area contributed by atoms with Crippen LogP contribution in [0.1, 0.15) is 40.5 Å². The molecule has 0 aromatic carbocycles. The van der Waals surface area contributed by atoms with Crippen LogP contribution in [0, 0.1) is 5.41 Å². The van der Waals surface area contributed by atoms with Crippen molar-refractivity contribution >= 4 is 0 Å². The molecule has 0 aromatic rings. The fourth-order valence-corrected chi connectivity index (χ4v) is 4.28. The third-order valence-electron chi connectivity index (χ3n) is 6.04. The molecule has 0 bridgehead atoms. The van der Waals surface area contributed by atoms with E-state index in [9.17, 15) is 35.7 Å². The SMILES string of the molecule is C[C@H](/C=C/[C@]1(O)C(C)(C)C[C@@H](O)C[C@@]1(C)O)O[C@H]1O[C@@H](CO)[C@H](O)[C@@H](O)[C@@H]1O. The zero-order chi connectivity index (χ0) is 21.5. The van der Waals surface area contributed by atoms with Gasteiger partial charge in [-0.05, 0) is 20.3 Å². The van der Waals surface area contributed by atoms with Crippen LogP contribution in [0.15, 0.2) is 12.2 Å². The summed E-state index contributed by atoms with van der Waals surface area (Å²) in [6.45, 7) is 6.01. The highest BCUT2D eigenvalue weighted by Gasteiger charge is 2.58. The summed E-state index contributed by atoms with van der Waals surface area (Å²) in [6, 6.07) is 0. The molecule has 1 saturated carbocycles. The Labute approximate surface area is 164 Å². The van der Waals surface area contributed by atoms with Crippen molar-refractivity contribution in [1.29, 1.82) is 0 Å². The van der Waals surface area contributed by atoms with Crippen LogP contribution >= 0.6 is 0 Å². The van der Waals surface area contributed by atoms with Crippen molar-refractivity contribution in [3.63, 3.8) is 0 Å². The Balaban J connectivity index is 2.13. The molecule has 9 nitrogen and oxygen atoms in total. The molecule has 1 aliphatic heterocycles. The van der Waals surface area contributed by atoms with E-state index in [0.29, 0.717) is 6.42 Å². The number of rotatable bonds is 5. The smallest absolute Gasteiger partial charge is 0.187 e. The number of aliphatic hydroxyl groups excluding tert-OH is 5. The number of hydrogen-bond acceptors (Lipinski definition) is 9. The van der Waals surface area contributed by atoms with Crippen LogP contribution in [-0.2, 0) is 9.47 Å². The first-order valence-corrected chi connectivity index (χ1v) is 9.54. The van der Waals surface area contributed by atoms with E-state index in [2.05, 4.69) is 0 Å². The fraction of sp³-hybridized carbons (Fsp3) is 0.895. The highest BCUT2D eigenvalue weighted by molar-refractivity contribution is 5.21. The zero-order valence-electron chi connectivity index (χ0n) is 16.8. The van der Waals surface area contributed by atoms with Crippen LogP contribution in [0.3, 0.4) is 0 Å². The highest BCUT2D eigenvalue weighted by atomic mass is 16.7. The summed E-state index contributed by atoms with van der Waals surface area (Å²) in [4.78, 5) is 0. The van der Waals surface area contributed by atoms with E-state index in [-0.39, 0.29) is 6.42 Å². The Morgan fingerprint density at radius 2 is 1.64 bits per heavy atom. The molecule has 1 heterocycles. The molecule has 2 aliphatic rings. The van der Waals surface area contributed by atoms with Gasteiger partial charge in [-0.25, -0.2) is 0 Å². The molecular formula is C19H34O9. The summed E-state index contributed by atoms with van der Waals surface area (Å²) in [7, 11) is 0. The molecule has 164 valence electrons. The number of ether oxygens (including phenoxy) is 2. The summed E-state index contributed by atoms with van der Waals surface area (Å²) in [6.07, 6.45) is -5.14. The molecule has 0 unspecified atom stereocenters. The Bertz CT molecular complexity index is 542. The zero-order valence-corrected chi connectivity index (χ0v) is 16.8. The minimum absolute atomic E-state index is 0.0131. The van der Waals surface area contributed by atoms with Gasteiger partial charge in [-0.2, -0.15) is 0 Å². The predicted octanol–water partition coefficient (Wildman–Crippen LogP) is -1.59. The van der Waals surface area contributed by atoms with E-state index in [4.69, 9.17) is 9.47 Å². The van der Waals surface area contributed by atoms with Gasteiger partial charge in [0, 0.05) is 11.8 Å². The van der Waals surface area contributed by atoms with Gasteiger partial charge >= 0.3 is 0 Å². The van der Waals surface area contributed by atoms with Crippen LogP contribution < -0.4 is 0 Å². The first kappa shape index (κ1) is 23.7. The van der Waals surface area contributed by atoms with Gasteiger partial charge in [-0.1, -0.05) is 26.0 Å². The van der Waals surface area contributed by atoms with Crippen LogP contribution in [0.25, 0.3) is 0 Å². The standard InChI is InChI=1S/C19H34O9/c1-10(27-16-15(24)14(23)13(22)12(9-20)28-16)5-6-19(26)17(2,3)7-11(21)8-18(19,4)25/h5-6,10-16,20-26H,7-9H2,1-4H3/b6-5+/t10-,11-,12+,13+,14-,15+,16+,18-,19+/m1/s1. The molecule has 28 heavy (non-hydrogen) atoms. The van der Waals surface area contributed by atoms with Gasteiger partial charge in [-0.15, -0.1) is 0 Å². The largest absolute Gasteiger partial charge is 0.394 e. The van der Waals surface area contributed by atoms with Gasteiger partial charge in [0.15, 0.2) is 6.29 Å². The lowest BCUT2D eigenvalue weighted by atomic mass is 9.57. The van der Waals surface area contributed by atoms with Crippen molar-refractivity contribution in [2.75, 3.05) is 6.61 Å². The number of hydrogen-bond donors (Lipinski definition) is 7. The van der Waals surface area contributed by atoms with Crippen LogP contribution in [0.2, 0.25) is 0 Å². The maximum Gasteiger partial charge on any atom is 0.187 e. The second-order valence-electron chi connectivity index (χ2n) is 8.88. The van der Waals surface area contributed by atoms with Gasteiger partial charge < -0.3 is 45.2 Å². The van der Waals surface area contributed by atoms with Crippen LogP contribution in [0.4, 0.5) is 0 Å². The average Bonchev–Trinajstić information content (AvgIpc) is 2.57. The van der Waals surface area contributed by atoms with E-state index < -0.39 is 66.1 Å². The van der Waals surface area contributed by atoms with Crippen molar-refractivity contribution in [3.8, 4) is 0 Å². The van der Waals surface area contributed by atoms with Crippen molar-refractivity contribution in [2.45, 2.75) is 94.7 Å². The Hall–Kier alpha value is -0.620. The van der Waals surface area contributed by atoms with Crippen LogP contribution in [-0.4, -0.2) is 96.5 Å². The molecule has 9 atom stereocenters. The third-order valence-corrected chi connectivity index (χ3v) is 6.04. The molecule has 2 rings (SSSR count). The van der Waals surface area contributed by atoms with E-state index in [1.807, 2.05) is 0 Å². The van der Waals surface area contributed by atoms with E-state index in [0.717, 1.165) is 0 Å². The molecular weight excluding hydrogens is 372 g/mol. The Kier molecular flexibility index (Phi) is 6.97. The van der Waals surface area contributed by atoms with Crippen LogP contribution in [0.5, 0.6) is 0 Å². The summed E-state index contributed by atoms with van der Waals surface area (Å²) < 4.78 is 10.9. The molecule has 1 saturated heterocycles. The summed E-state index contributed by atoms with van der Waals surface area (Å²) in [5, 5.41) is 70.9. The molecule has 0 spiro atoms. The van der Waals surface area contributed by atoms with Gasteiger partial charge in [0.25, 0.3) is 0 Å². The maximum absolute atomic E-state index is 11.2. The maximum atomic E-state index is 11.2. The van der Waals surface area contributed by atoms with Crippen molar-refractivity contribution in [2.24, 2.45) is 5.41 Å². The molecule has 2 fully saturated rings. The molecule has 9 heteroatoms. The second kappa shape index (κ2) is 8.25. The molecule has 0 aromatic heterocycles. The van der Waals surface area contributed by atoms with E-state index in [1.54, 1.807) is 20.8 Å². The fourth-order valence-electron chi connectivity index (χ4n) is 4.28. The highest BCUT2D eigenvalue weighted by Crippen LogP contribution is 2.50. The minimum Gasteiger partial charge on any atom is -0.394 e. The van der Waals surface area contributed by atoms with Crippen molar-refractivity contribution in [1.82, 2.24) is 0 Å². The van der Waals surface area contributed by atoms with Crippen molar-refractivity contribution < 1.29 is 45.2 Å². The minimum atomic E-state index is -1.65. The van der Waals surface area contributed by atoms with Gasteiger partial charge in [0.05, 0.1) is 24.4 Å². The summed E-state index contributed by atoms with van der Waals surface area (Å²) in [5.74, 6) is 0. The molecule has 1 aliphatic carbocycles. The molecule has 0 radical (unpaired) electrons. The Morgan fingerprint density at radius 1 is 1.04 bits per heavy atom. The monoisotopic (exact) mass is 406 g/mol. The first-order valence-electron chi connectivity index (χ1n) is 9.54. The third kappa shape index (κ3) is 4.28. The quantitative estimate of drug-likeness (QED) is 0.267. The second-order valence-corrected chi connectivity index (χ2v) is 8.88. The predicted molar refractivity (Wildman–Crippen MR) is 98.0 cm³/mol. The van der Waals surface area contributed by atoms with E-state index in [1.165, 1.54) is 19.1 Å². The summed E-state index contributed by atoms with van der Waals surface area (Å²) in [5.41, 5.74) is -4.05. The van der Waals surface area contributed by atoms with Gasteiger partial charge in [-0.3, -0.25) is 0 Å². The lowest BCUT2D eigenvalue weighted by Gasteiger charge is -2.55. The average molecular weight is 406 g/mol. The topological polar surface area (TPSA) is 160 Å². The number of aliphatic hydroxyl groups is 7. The Morgan fingerprint density at radius 3 is 2.18 bits per heavy atom. The lowest BCUT2D eigenvalue weighted by molar-refractivity contribution is -0.306. The first-order chi connectivity index (χ1) is 12.8. The van der Waals surface area contributed by atoms with E-state index >= 15 is 0 Å². The lowest BCUT2D eigenvalue weighted by Crippen LogP contribution is -2.65. The van der Waals surface area contributed by atoms with Gasteiger partial charge in [0.1, 0.15) is 30.0 Å². The normalized spacial score (nSPS) is 48.0. The molecule has 7 N–H and O–H groups in total. The van der Waals surface area contributed by atoms with Gasteiger partial charge in [0.2, 0.25) is 0 Å².